The van der Waals surface area contributed by atoms with E-state index in [1.165, 1.54) is 18.1 Å². The van der Waals surface area contributed by atoms with Gasteiger partial charge < -0.3 is 14.2 Å². The van der Waals surface area contributed by atoms with Crippen LogP contribution in [-0.4, -0.2) is 33.3 Å². The van der Waals surface area contributed by atoms with Crippen molar-refractivity contribution in [3.63, 3.8) is 0 Å². The highest BCUT2D eigenvalue weighted by Crippen LogP contribution is 2.37. The fourth-order valence-corrected chi connectivity index (χ4v) is 2.67. The van der Waals surface area contributed by atoms with Crippen LogP contribution in [0.4, 0.5) is 28.9 Å². The number of nitro benzene ring substituents is 1. The second-order valence-electron chi connectivity index (χ2n) is 5.24. The largest absolute Gasteiger partial charge is 0.497 e. The molecule has 25 heavy (non-hydrogen) atoms. The van der Waals surface area contributed by atoms with E-state index in [2.05, 4.69) is 10.2 Å². The minimum Gasteiger partial charge on any atom is -0.497 e. The van der Waals surface area contributed by atoms with Crippen molar-refractivity contribution >= 4 is 11.4 Å². The lowest BCUT2D eigenvalue weighted by Gasteiger charge is -2.29. The zero-order valence-corrected chi connectivity index (χ0v) is 12.7. The van der Waals surface area contributed by atoms with Gasteiger partial charge in [-0.3, -0.25) is 10.1 Å². The average Bonchev–Trinajstić information content (AvgIpc) is 2.96. The van der Waals surface area contributed by atoms with E-state index in [4.69, 9.17) is 4.74 Å². The van der Waals surface area contributed by atoms with Gasteiger partial charge in [-0.2, -0.15) is 17.6 Å². The maximum atomic E-state index is 14.0. The van der Waals surface area contributed by atoms with Crippen LogP contribution in [0.2, 0.25) is 0 Å². The molecule has 0 aliphatic carbocycles. The number of halogens is 4. The molecule has 0 spiro atoms. The number of aromatic nitrogens is 3. The number of ether oxygens (including phenoxy) is 1. The van der Waals surface area contributed by atoms with Gasteiger partial charge in [-0.15, -0.1) is 10.2 Å². The average molecular weight is 361 g/mol. The molecule has 0 radical (unpaired) electrons. The molecule has 3 rings (SSSR count). The second-order valence-corrected chi connectivity index (χ2v) is 5.24. The Morgan fingerprint density at radius 3 is 2.60 bits per heavy atom. The summed E-state index contributed by atoms with van der Waals surface area (Å²) in [6.45, 7) is -0.342. The molecule has 12 heteroatoms. The molecule has 1 aromatic heterocycles. The summed E-state index contributed by atoms with van der Waals surface area (Å²) in [5.74, 6) is -2.19. The summed E-state index contributed by atoms with van der Waals surface area (Å²) in [6.07, 6.45) is -4.65. The van der Waals surface area contributed by atoms with Crippen molar-refractivity contribution in [1.82, 2.24) is 14.8 Å². The number of hydrogen-bond acceptors (Lipinski definition) is 6. The fourth-order valence-electron chi connectivity index (χ4n) is 2.67. The number of rotatable bonds is 3. The van der Waals surface area contributed by atoms with Crippen LogP contribution >= 0.6 is 0 Å². The van der Waals surface area contributed by atoms with Crippen molar-refractivity contribution in [2.45, 2.75) is 19.3 Å². The Balaban J connectivity index is 2.01. The number of benzene rings is 1. The van der Waals surface area contributed by atoms with Gasteiger partial charge in [-0.1, -0.05) is 0 Å². The Bertz CT molecular complexity index is 836. The van der Waals surface area contributed by atoms with Gasteiger partial charge in [0.2, 0.25) is 11.6 Å². The summed E-state index contributed by atoms with van der Waals surface area (Å²) in [7, 11) is 1.27. The van der Waals surface area contributed by atoms with Crippen LogP contribution in [-0.2, 0) is 19.3 Å². The number of alkyl halides is 3. The Kier molecular flexibility index (Phi) is 3.97. The molecule has 2 heterocycles. The van der Waals surface area contributed by atoms with Gasteiger partial charge in [-0.25, -0.2) is 0 Å². The number of nitrogens with zero attached hydrogens (tertiary/aromatic N) is 5. The predicted octanol–water partition coefficient (Wildman–Crippen LogP) is 2.37. The summed E-state index contributed by atoms with van der Waals surface area (Å²) in [5, 5.41) is 17.8. The van der Waals surface area contributed by atoms with Crippen LogP contribution < -0.4 is 9.64 Å². The molecule has 8 nitrogen and oxygen atoms in total. The Labute approximate surface area is 137 Å². The van der Waals surface area contributed by atoms with Gasteiger partial charge in [0, 0.05) is 25.2 Å². The van der Waals surface area contributed by atoms with Gasteiger partial charge in [0.05, 0.1) is 18.6 Å². The molecule has 134 valence electrons. The Hall–Kier alpha value is -2.92. The van der Waals surface area contributed by atoms with Gasteiger partial charge >= 0.3 is 11.9 Å². The van der Waals surface area contributed by atoms with E-state index in [9.17, 15) is 27.7 Å². The van der Waals surface area contributed by atoms with Crippen molar-refractivity contribution in [3.8, 4) is 5.75 Å². The monoisotopic (exact) mass is 361 g/mol. The molecule has 0 atom stereocenters. The topological polar surface area (TPSA) is 86.3 Å². The molecular weight excluding hydrogens is 350 g/mol. The van der Waals surface area contributed by atoms with Gasteiger partial charge in [0.15, 0.2) is 5.82 Å². The van der Waals surface area contributed by atoms with E-state index in [-0.39, 0.29) is 36.9 Å². The standard InChI is InChI=1S/C13H11F4N5O3/c1-25-7-4-8(14)11(22(23)24)9(5-7)20-2-3-21-10(6-20)18-19-12(21)13(15,16)17/h4-5H,2-3,6H2,1H3. The number of nitro groups is 1. The SMILES string of the molecule is COc1cc(F)c([N+](=O)[O-])c(N2CCn3c(nnc3C(F)(F)F)C2)c1. The maximum absolute atomic E-state index is 14.0. The molecule has 0 bridgehead atoms. The summed E-state index contributed by atoms with van der Waals surface area (Å²) in [5.41, 5.74) is -0.866. The lowest BCUT2D eigenvalue weighted by atomic mass is 10.2. The third-order valence-electron chi connectivity index (χ3n) is 3.78. The third-order valence-corrected chi connectivity index (χ3v) is 3.78. The summed E-state index contributed by atoms with van der Waals surface area (Å²) in [4.78, 5) is 11.7. The van der Waals surface area contributed by atoms with E-state index in [0.29, 0.717) is 0 Å². The van der Waals surface area contributed by atoms with Gasteiger partial charge in [0.1, 0.15) is 11.4 Å². The quantitative estimate of drug-likeness (QED) is 0.474. The first-order valence-corrected chi connectivity index (χ1v) is 6.98. The van der Waals surface area contributed by atoms with E-state index in [1.807, 2.05) is 0 Å². The van der Waals surface area contributed by atoms with Crippen molar-refractivity contribution in [2.24, 2.45) is 0 Å². The van der Waals surface area contributed by atoms with Crippen molar-refractivity contribution in [1.29, 1.82) is 0 Å². The molecule has 2 aromatic rings. The molecular formula is C13H11F4N5O3. The molecule has 1 aliphatic heterocycles. The highest BCUT2D eigenvalue weighted by atomic mass is 19.4. The third kappa shape index (κ3) is 2.94. The number of methoxy groups -OCH3 is 1. The van der Waals surface area contributed by atoms with Crippen LogP contribution in [0.5, 0.6) is 5.75 Å². The van der Waals surface area contributed by atoms with Crippen LogP contribution in [0.3, 0.4) is 0 Å². The first kappa shape index (κ1) is 16.9. The van der Waals surface area contributed by atoms with Crippen LogP contribution in [0.25, 0.3) is 0 Å². The van der Waals surface area contributed by atoms with E-state index < -0.39 is 28.4 Å². The minimum absolute atomic E-state index is 0.0123. The molecule has 0 fully saturated rings. The molecule has 1 aliphatic rings. The summed E-state index contributed by atoms with van der Waals surface area (Å²) < 4.78 is 58.4. The number of fused-ring (bicyclic) bond motifs is 1. The number of hydrogen-bond donors (Lipinski definition) is 0. The first-order valence-electron chi connectivity index (χ1n) is 6.98. The van der Waals surface area contributed by atoms with Crippen molar-refractivity contribution in [2.75, 3.05) is 18.6 Å². The normalized spacial score (nSPS) is 14.4. The Morgan fingerprint density at radius 2 is 2.00 bits per heavy atom. The Morgan fingerprint density at radius 1 is 1.28 bits per heavy atom. The first-order chi connectivity index (χ1) is 11.7. The number of anilines is 1. The predicted molar refractivity (Wildman–Crippen MR) is 75.7 cm³/mol. The lowest BCUT2D eigenvalue weighted by molar-refractivity contribution is -0.386. The minimum atomic E-state index is -4.65. The molecule has 0 saturated heterocycles. The van der Waals surface area contributed by atoms with Crippen LogP contribution in [0, 0.1) is 15.9 Å². The second kappa shape index (κ2) is 5.86. The van der Waals surface area contributed by atoms with Gasteiger partial charge in [-0.05, 0) is 0 Å². The molecule has 1 aromatic carbocycles. The molecule has 0 saturated carbocycles. The van der Waals surface area contributed by atoms with Crippen molar-refractivity contribution in [3.05, 3.63) is 39.7 Å². The smallest absolute Gasteiger partial charge is 0.451 e. The molecule has 0 unspecified atom stereocenters. The van der Waals surface area contributed by atoms with E-state index >= 15 is 0 Å². The van der Waals surface area contributed by atoms with E-state index in [1.54, 1.807) is 0 Å². The van der Waals surface area contributed by atoms with E-state index in [0.717, 1.165) is 10.6 Å². The fraction of sp³-hybridized carbons (Fsp3) is 0.385. The van der Waals surface area contributed by atoms with Crippen molar-refractivity contribution < 1.29 is 27.2 Å². The molecule has 0 N–H and O–H groups in total. The zero-order chi connectivity index (χ0) is 18.4. The summed E-state index contributed by atoms with van der Waals surface area (Å²) >= 11 is 0. The summed E-state index contributed by atoms with van der Waals surface area (Å²) in [6, 6.07) is 2.13. The van der Waals surface area contributed by atoms with Crippen LogP contribution in [0.15, 0.2) is 12.1 Å². The highest BCUT2D eigenvalue weighted by molar-refractivity contribution is 5.66. The van der Waals surface area contributed by atoms with Gasteiger partial charge in [0.25, 0.3) is 0 Å². The highest BCUT2D eigenvalue weighted by Gasteiger charge is 2.40. The molecule has 0 amide bonds. The lowest BCUT2D eigenvalue weighted by Crippen LogP contribution is -2.35. The van der Waals surface area contributed by atoms with Crippen LogP contribution in [0.1, 0.15) is 11.6 Å². The zero-order valence-electron chi connectivity index (χ0n) is 12.7. The maximum Gasteiger partial charge on any atom is 0.451 e.